The maximum absolute atomic E-state index is 11.7. The van der Waals surface area contributed by atoms with Gasteiger partial charge in [-0.25, -0.2) is 5.43 Å². The fraction of sp³-hybridized carbons (Fsp3) is 0.0769. The zero-order valence-electron chi connectivity index (χ0n) is 9.68. The number of aryl methyl sites for hydroxylation is 1. The zero-order chi connectivity index (χ0) is 13.0. The molecular weight excluding hydrogens is 312 g/mol. The van der Waals surface area contributed by atoms with Crippen molar-refractivity contribution in [1.82, 2.24) is 5.43 Å². The van der Waals surface area contributed by atoms with E-state index in [2.05, 4.69) is 26.5 Å². The second kappa shape index (κ2) is 5.93. The number of rotatable bonds is 3. The Balaban J connectivity index is 1.96. The lowest BCUT2D eigenvalue weighted by atomic mass is 10.2. The van der Waals surface area contributed by atoms with Gasteiger partial charge in [-0.05, 0) is 43.3 Å². The molecular formula is C13H11BrN2OS. The van der Waals surface area contributed by atoms with E-state index in [4.69, 9.17) is 0 Å². The molecule has 0 bridgehead atoms. The molecule has 1 heterocycles. The Morgan fingerprint density at radius 1 is 1.28 bits per heavy atom. The molecule has 0 saturated carbocycles. The topological polar surface area (TPSA) is 41.5 Å². The summed E-state index contributed by atoms with van der Waals surface area (Å²) in [5, 5.41) is 3.93. The summed E-state index contributed by atoms with van der Waals surface area (Å²) in [6.07, 6.45) is 1.65. The van der Waals surface area contributed by atoms with Crippen molar-refractivity contribution in [1.29, 1.82) is 0 Å². The molecule has 0 aliphatic heterocycles. The molecule has 1 aromatic carbocycles. The minimum absolute atomic E-state index is 0.216. The normalized spacial score (nSPS) is 10.8. The van der Waals surface area contributed by atoms with Crippen molar-refractivity contribution >= 4 is 39.4 Å². The van der Waals surface area contributed by atoms with Crippen molar-refractivity contribution in [2.24, 2.45) is 5.10 Å². The highest BCUT2D eigenvalue weighted by Crippen LogP contribution is 2.12. The second-order valence-corrected chi connectivity index (χ2v) is 5.89. The molecule has 0 spiro atoms. The van der Waals surface area contributed by atoms with Crippen molar-refractivity contribution in [3.05, 3.63) is 56.2 Å². The van der Waals surface area contributed by atoms with Gasteiger partial charge in [-0.1, -0.05) is 15.9 Å². The third kappa shape index (κ3) is 3.51. The van der Waals surface area contributed by atoms with E-state index in [1.165, 1.54) is 4.88 Å². The third-order valence-corrected chi connectivity index (χ3v) is 3.69. The number of halogens is 1. The first-order valence-electron chi connectivity index (χ1n) is 5.30. The fourth-order valence-corrected chi connectivity index (χ4v) is 2.36. The summed E-state index contributed by atoms with van der Waals surface area (Å²) in [6.45, 7) is 2.03. The van der Waals surface area contributed by atoms with Crippen LogP contribution in [-0.4, -0.2) is 12.1 Å². The standard InChI is InChI=1S/C13H11BrN2OS/c1-9-2-7-12(18-9)8-15-16-13(17)10-3-5-11(14)6-4-10/h2-8H,1H3,(H,16,17). The van der Waals surface area contributed by atoms with Crippen LogP contribution in [0.3, 0.4) is 0 Å². The van der Waals surface area contributed by atoms with Gasteiger partial charge >= 0.3 is 0 Å². The molecule has 0 aliphatic carbocycles. The lowest BCUT2D eigenvalue weighted by Gasteiger charge is -1.99. The van der Waals surface area contributed by atoms with Crippen LogP contribution in [0.25, 0.3) is 0 Å². The van der Waals surface area contributed by atoms with Crippen LogP contribution in [0, 0.1) is 6.92 Å². The van der Waals surface area contributed by atoms with Gasteiger partial charge in [-0.3, -0.25) is 4.79 Å². The predicted molar refractivity (Wildman–Crippen MR) is 78.3 cm³/mol. The Hall–Kier alpha value is -1.46. The van der Waals surface area contributed by atoms with Crippen molar-refractivity contribution in [3.8, 4) is 0 Å². The molecule has 1 aromatic heterocycles. The van der Waals surface area contributed by atoms with Crippen molar-refractivity contribution < 1.29 is 4.79 Å². The number of carbonyl (C=O) groups excluding carboxylic acids is 1. The van der Waals surface area contributed by atoms with Gasteiger partial charge in [0.15, 0.2) is 0 Å². The van der Waals surface area contributed by atoms with E-state index in [1.807, 2.05) is 31.2 Å². The maximum atomic E-state index is 11.7. The molecule has 1 amide bonds. The number of nitrogens with zero attached hydrogens (tertiary/aromatic N) is 1. The average molecular weight is 323 g/mol. The lowest BCUT2D eigenvalue weighted by Crippen LogP contribution is -2.17. The number of carbonyl (C=O) groups is 1. The molecule has 92 valence electrons. The fourth-order valence-electron chi connectivity index (χ4n) is 1.34. The highest BCUT2D eigenvalue weighted by Gasteiger charge is 2.02. The van der Waals surface area contributed by atoms with Crippen LogP contribution in [0.5, 0.6) is 0 Å². The smallest absolute Gasteiger partial charge is 0.267 e. The predicted octanol–water partition coefficient (Wildman–Crippen LogP) is 3.58. The molecule has 18 heavy (non-hydrogen) atoms. The number of nitrogens with one attached hydrogen (secondary N) is 1. The van der Waals surface area contributed by atoms with Gasteiger partial charge in [0.2, 0.25) is 0 Å². The van der Waals surface area contributed by atoms with Gasteiger partial charge in [-0.2, -0.15) is 5.10 Å². The first-order valence-corrected chi connectivity index (χ1v) is 6.91. The second-order valence-electron chi connectivity index (χ2n) is 3.65. The van der Waals surface area contributed by atoms with Crippen LogP contribution in [0.1, 0.15) is 20.1 Å². The number of hydrogen-bond donors (Lipinski definition) is 1. The molecule has 0 saturated heterocycles. The van der Waals surface area contributed by atoms with Crippen LogP contribution >= 0.6 is 27.3 Å². The number of benzene rings is 1. The summed E-state index contributed by atoms with van der Waals surface area (Å²) in [5.41, 5.74) is 3.08. The Labute approximate surface area is 118 Å². The number of hydrogen-bond acceptors (Lipinski definition) is 3. The van der Waals surface area contributed by atoms with Gasteiger partial charge in [0.1, 0.15) is 0 Å². The average Bonchev–Trinajstić information content (AvgIpc) is 2.76. The summed E-state index contributed by atoms with van der Waals surface area (Å²) in [6, 6.07) is 11.1. The number of hydrazone groups is 1. The highest BCUT2D eigenvalue weighted by molar-refractivity contribution is 9.10. The molecule has 2 rings (SSSR count). The molecule has 3 nitrogen and oxygen atoms in total. The van der Waals surface area contributed by atoms with Crippen LogP contribution in [0.15, 0.2) is 46.0 Å². The van der Waals surface area contributed by atoms with E-state index in [1.54, 1.807) is 29.7 Å². The third-order valence-electron chi connectivity index (χ3n) is 2.23. The monoisotopic (exact) mass is 322 g/mol. The van der Waals surface area contributed by atoms with Crippen molar-refractivity contribution in [2.75, 3.05) is 0 Å². The largest absolute Gasteiger partial charge is 0.271 e. The maximum Gasteiger partial charge on any atom is 0.271 e. The quantitative estimate of drug-likeness (QED) is 0.681. The van der Waals surface area contributed by atoms with E-state index in [0.717, 1.165) is 9.35 Å². The van der Waals surface area contributed by atoms with Gasteiger partial charge < -0.3 is 0 Å². The molecule has 2 aromatic rings. The molecule has 0 aliphatic rings. The van der Waals surface area contributed by atoms with Gasteiger partial charge in [0.25, 0.3) is 5.91 Å². The minimum atomic E-state index is -0.216. The van der Waals surface area contributed by atoms with Crippen LogP contribution in [0.4, 0.5) is 0 Å². The van der Waals surface area contributed by atoms with Gasteiger partial charge in [0, 0.05) is 19.8 Å². The van der Waals surface area contributed by atoms with Gasteiger partial charge in [-0.15, -0.1) is 11.3 Å². The van der Waals surface area contributed by atoms with E-state index >= 15 is 0 Å². The Kier molecular flexibility index (Phi) is 4.28. The van der Waals surface area contributed by atoms with Crippen LogP contribution < -0.4 is 5.43 Å². The van der Waals surface area contributed by atoms with Crippen LogP contribution in [-0.2, 0) is 0 Å². The number of amides is 1. The highest BCUT2D eigenvalue weighted by atomic mass is 79.9. The first-order chi connectivity index (χ1) is 8.65. The molecule has 0 unspecified atom stereocenters. The van der Waals surface area contributed by atoms with E-state index in [0.29, 0.717) is 5.56 Å². The van der Waals surface area contributed by atoms with Crippen molar-refractivity contribution in [3.63, 3.8) is 0 Å². The molecule has 0 atom stereocenters. The first kappa shape index (κ1) is 13.0. The van der Waals surface area contributed by atoms with Crippen molar-refractivity contribution in [2.45, 2.75) is 6.92 Å². The summed E-state index contributed by atoms with van der Waals surface area (Å²) in [7, 11) is 0. The molecule has 0 radical (unpaired) electrons. The molecule has 0 fully saturated rings. The van der Waals surface area contributed by atoms with Gasteiger partial charge in [0.05, 0.1) is 6.21 Å². The zero-order valence-corrected chi connectivity index (χ0v) is 12.1. The summed E-state index contributed by atoms with van der Waals surface area (Å²) < 4.78 is 0.941. The van der Waals surface area contributed by atoms with E-state index < -0.39 is 0 Å². The molecule has 5 heteroatoms. The SMILES string of the molecule is Cc1ccc(C=NNC(=O)c2ccc(Br)cc2)s1. The Morgan fingerprint density at radius 2 is 2.00 bits per heavy atom. The van der Waals surface area contributed by atoms with E-state index in [9.17, 15) is 4.79 Å². The summed E-state index contributed by atoms with van der Waals surface area (Å²) in [4.78, 5) is 14.0. The summed E-state index contributed by atoms with van der Waals surface area (Å²) in [5.74, 6) is -0.216. The lowest BCUT2D eigenvalue weighted by molar-refractivity contribution is 0.0955. The minimum Gasteiger partial charge on any atom is -0.267 e. The Morgan fingerprint density at radius 3 is 2.61 bits per heavy atom. The molecule has 1 N–H and O–H groups in total. The van der Waals surface area contributed by atoms with E-state index in [-0.39, 0.29) is 5.91 Å². The number of thiophene rings is 1. The Bertz CT molecular complexity index is 575. The van der Waals surface area contributed by atoms with Crippen LogP contribution in [0.2, 0.25) is 0 Å². The summed E-state index contributed by atoms with van der Waals surface area (Å²) >= 11 is 4.95.